The molecule has 0 atom stereocenters. The van der Waals surface area contributed by atoms with E-state index in [-0.39, 0.29) is 10.9 Å². The van der Waals surface area contributed by atoms with E-state index in [1.54, 1.807) is 6.07 Å². The summed E-state index contributed by atoms with van der Waals surface area (Å²) < 4.78 is 13.1. The van der Waals surface area contributed by atoms with Crippen LogP contribution in [0.2, 0.25) is 5.02 Å². The van der Waals surface area contributed by atoms with Gasteiger partial charge in [0.2, 0.25) is 5.91 Å². The first kappa shape index (κ1) is 17.3. The molecule has 23 heavy (non-hydrogen) atoms. The van der Waals surface area contributed by atoms with E-state index in [1.807, 2.05) is 42.2 Å². The van der Waals surface area contributed by atoms with E-state index < -0.39 is 5.82 Å². The third kappa shape index (κ3) is 5.25. The molecule has 0 bridgehead atoms. The summed E-state index contributed by atoms with van der Waals surface area (Å²) >= 11 is 5.73. The molecule has 0 aliphatic carbocycles. The van der Waals surface area contributed by atoms with Gasteiger partial charge in [-0.3, -0.25) is 4.79 Å². The molecule has 1 amide bonds. The van der Waals surface area contributed by atoms with Crippen LogP contribution in [0.15, 0.2) is 48.5 Å². The maximum Gasteiger partial charge on any atom is 0.224 e. The van der Waals surface area contributed by atoms with Crippen molar-refractivity contribution in [2.24, 2.45) is 0 Å². The second kappa shape index (κ2) is 8.53. The fourth-order valence-corrected chi connectivity index (χ4v) is 2.44. The zero-order valence-corrected chi connectivity index (χ0v) is 13.8. The second-order valence-electron chi connectivity index (χ2n) is 5.20. The molecule has 122 valence electrons. The normalized spacial score (nSPS) is 10.4. The molecule has 1 N–H and O–H groups in total. The molecule has 0 saturated heterocycles. The lowest BCUT2D eigenvalue weighted by Crippen LogP contribution is -2.31. The predicted molar refractivity (Wildman–Crippen MR) is 92.0 cm³/mol. The Morgan fingerprint density at radius 3 is 2.61 bits per heavy atom. The molecule has 0 aromatic heterocycles. The SMILES string of the molecule is CCN(Cc1ccccc1)C(=O)CCNc1ccc(F)c(Cl)c1. The van der Waals surface area contributed by atoms with Gasteiger partial charge in [-0.1, -0.05) is 41.9 Å². The number of halogens is 2. The molecule has 0 aliphatic rings. The van der Waals surface area contributed by atoms with E-state index in [0.29, 0.717) is 31.7 Å². The third-order valence-electron chi connectivity index (χ3n) is 3.54. The Morgan fingerprint density at radius 1 is 1.22 bits per heavy atom. The first-order valence-corrected chi connectivity index (χ1v) is 7.98. The monoisotopic (exact) mass is 334 g/mol. The molecule has 2 rings (SSSR count). The van der Waals surface area contributed by atoms with Crippen molar-refractivity contribution in [1.29, 1.82) is 0 Å². The Balaban J connectivity index is 1.83. The predicted octanol–water partition coefficient (Wildman–Crippen LogP) is 4.33. The summed E-state index contributed by atoms with van der Waals surface area (Å²) in [4.78, 5) is 14.1. The van der Waals surface area contributed by atoms with Crippen LogP contribution in [0.3, 0.4) is 0 Å². The van der Waals surface area contributed by atoms with E-state index in [4.69, 9.17) is 11.6 Å². The molecule has 0 spiro atoms. The average molecular weight is 335 g/mol. The van der Waals surface area contributed by atoms with E-state index in [9.17, 15) is 9.18 Å². The fourth-order valence-electron chi connectivity index (χ4n) is 2.26. The van der Waals surface area contributed by atoms with Crippen LogP contribution in [0.25, 0.3) is 0 Å². The molecule has 0 heterocycles. The second-order valence-corrected chi connectivity index (χ2v) is 5.61. The number of nitrogens with one attached hydrogen (secondary N) is 1. The minimum absolute atomic E-state index is 0.0700. The Kier molecular flexibility index (Phi) is 6.41. The topological polar surface area (TPSA) is 32.3 Å². The highest BCUT2D eigenvalue weighted by molar-refractivity contribution is 6.31. The zero-order chi connectivity index (χ0) is 16.7. The van der Waals surface area contributed by atoms with E-state index >= 15 is 0 Å². The lowest BCUT2D eigenvalue weighted by molar-refractivity contribution is -0.131. The van der Waals surface area contributed by atoms with Crippen molar-refractivity contribution in [3.8, 4) is 0 Å². The standard InChI is InChI=1S/C18H20ClFN2O/c1-2-22(13-14-6-4-3-5-7-14)18(23)10-11-21-15-8-9-17(20)16(19)12-15/h3-9,12,21H,2,10-11,13H2,1H3. The lowest BCUT2D eigenvalue weighted by atomic mass is 10.2. The average Bonchev–Trinajstić information content (AvgIpc) is 2.56. The number of nitrogens with zero attached hydrogens (tertiary/aromatic N) is 1. The van der Waals surface area contributed by atoms with Gasteiger partial charge in [-0.15, -0.1) is 0 Å². The number of carbonyl (C=O) groups excluding carboxylic acids is 1. The third-order valence-corrected chi connectivity index (χ3v) is 3.83. The highest BCUT2D eigenvalue weighted by atomic mass is 35.5. The van der Waals surface area contributed by atoms with Crippen molar-refractivity contribution in [1.82, 2.24) is 4.90 Å². The minimum Gasteiger partial charge on any atom is -0.384 e. The molecule has 0 unspecified atom stereocenters. The van der Waals surface area contributed by atoms with Gasteiger partial charge in [0, 0.05) is 31.7 Å². The molecule has 0 saturated carbocycles. The first-order valence-electron chi connectivity index (χ1n) is 7.60. The summed E-state index contributed by atoms with van der Waals surface area (Å²) in [5.74, 6) is -0.370. The van der Waals surface area contributed by atoms with Crippen LogP contribution in [0.5, 0.6) is 0 Å². The smallest absolute Gasteiger partial charge is 0.224 e. The summed E-state index contributed by atoms with van der Waals surface area (Å²) in [6.45, 7) is 3.72. The van der Waals surface area contributed by atoms with E-state index in [2.05, 4.69) is 5.32 Å². The molecular weight excluding hydrogens is 315 g/mol. The number of anilines is 1. The number of rotatable bonds is 7. The lowest BCUT2D eigenvalue weighted by Gasteiger charge is -2.21. The van der Waals surface area contributed by atoms with Gasteiger partial charge in [0.15, 0.2) is 0 Å². The number of hydrogen-bond donors (Lipinski definition) is 1. The summed E-state index contributed by atoms with van der Waals surface area (Å²) in [7, 11) is 0. The molecule has 2 aromatic rings. The number of amides is 1. The van der Waals surface area contributed by atoms with Crippen LogP contribution in [-0.2, 0) is 11.3 Å². The zero-order valence-electron chi connectivity index (χ0n) is 13.1. The van der Waals surface area contributed by atoms with Crippen LogP contribution in [-0.4, -0.2) is 23.9 Å². The van der Waals surface area contributed by atoms with Crippen molar-refractivity contribution in [3.05, 3.63) is 64.9 Å². The minimum atomic E-state index is -0.451. The molecule has 3 nitrogen and oxygen atoms in total. The summed E-state index contributed by atoms with van der Waals surface area (Å²) in [5.41, 5.74) is 1.82. The molecule has 0 aliphatic heterocycles. The van der Waals surface area contributed by atoms with Crippen molar-refractivity contribution in [3.63, 3.8) is 0 Å². The number of carbonyl (C=O) groups is 1. The van der Waals surface area contributed by atoms with Gasteiger partial charge in [0.05, 0.1) is 5.02 Å². The molecular formula is C18H20ClFN2O. The maximum atomic E-state index is 13.1. The van der Waals surface area contributed by atoms with Crippen LogP contribution in [0, 0.1) is 5.82 Å². The summed E-state index contributed by atoms with van der Waals surface area (Å²) in [6, 6.07) is 14.3. The van der Waals surface area contributed by atoms with Gasteiger partial charge in [0.25, 0.3) is 0 Å². The van der Waals surface area contributed by atoms with E-state index in [0.717, 1.165) is 5.56 Å². The Bertz CT molecular complexity index is 649. The number of hydrogen-bond acceptors (Lipinski definition) is 2. The van der Waals surface area contributed by atoms with Gasteiger partial charge in [-0.25, -0.2) is 4.39 Å². The fraction of sp³-hybridized carbons (Fsp3) is 0.278. The van der Waals surface area contributed by atoms with Gasteiger partial charge in [-0.2, -0.15) is 0 Å². The maximum absolute atomic E-state index is 13.1. The molecule has 5 heteroatoms. The van der Waals surface area contributed by atoms with Gasteiger partial charge in [0.1, 0.15) is 5.82 Å². The Hall–Kier alpha value is -2.07. The number of benzene rings is 2. The van der Waals surface area contributed by atoms with Crippen LogP contribution >= 0.6 is 11.6 Å². The van der Waals surface area contributed by atoms with Crippen molar-refractivity contribution < 1.29 is 9.18 Å². The molecule has 0 fully saturated rings. The van der Waals surface area contributed by atoms with Gasteiger partial charge in [-0.05, 0) is 30.7 Å². The van der Waals surface area contributed by atoms with Gasteiger partial charge < -0.3 is 10.2 Å². The van der Waals surface area contributed by atoms with Crippen molar-refractivity contribution in [2.75, 3.05) is 18.4 Å². The highest BCUT2D eigenvalue weighted by Crippen LogP contribution is 2.19. The van der Waals surface area contributed by atoms with E-state index in [1.165, 1.54) is 12.1 Å². The van der Waals surface area contributed by atoms with Crippen LogP contribution < -0.4 is 5.32 Å². The first-order chi connectivity index (χ1) is 11.1. The highest BCUT2D eigenvalue weighted by Gasteiger charge is 2.11. The summed E-state index contributed by atoms with van der Waals surface area (Å²) in [5, 5.41) is 3.16. The van der Waals surface area contributed by atoms with Gasteiger partial charge >= 0.3 is 0 Å². The van der Waals surface area contributed by atoms with Crippen molar-refractivity contribution >= 4 is 23.2 Å². The molecule has 0 radical (unpaired) electrons. The van der Waals surface area contributed by atoms with Crippen LogP contribution in [0.4, 0.5) is 10.1 Å². The quantitative estimate of drug-likeness (QED) is 0.817. The Labute approximate surface area is 141 Å². The summed E-state index contributed by atoms with van der Waals surface area (Å²) in [6.07, 6.45) is 0.371. The largest absolute Gasteiger partial charge is 0.384 e. The Morgan fingerprint density at radius 2 is 1.96 bits per heavy atom. The van der Waals surface area contributed by atoms with Crippen LogP contribution in [0.1, 0.15) is 18.9 Å². The molecule has 2 aromatic carbocycles. The van der Waals surface area contributed by atoms with Crippen molar-refractivity contribution in [2.45, 2.75) is 19.9 Å².